The van der Waals surface area contributed by atoms with Crippen molar-refractivity contribution >= 4 is 17.3 Å². The van der Waals surface area contributed by atoms with Gasteiger partial charge in [0.1, 0.15) is 5.82 Å². The van der Waals surface area contributed by atoms with Gasteiger partial charge in [-0.25, -0.2) is 4.39 Å². The number of hydrogen-bond donors (Lipinski definition) is 2. The maximum atomic E-state index is 13.1. The van der Waals surface area contributed by atoms with Gasteiger partial charge < -0.3 is 16.0 Å². The number of nitrogen functional groups attached to an aromatic ring is 1. The molecule has 1 amide bonds. The highest BCUT2D eigenvalue weighted by Gasteiger charge is 2.34. The summed E-state index contributed by atoms with van der Waals surface area (Å²) >= 11 is 0. The summed E-state index contributed by atoms with van der Waals surface area (Å²) in [6.45, 7) is 1.72. The van der Waals surface area contributed by atoms with Crippen molar-refractivity contribution < 1.29 is 9.18 Å². The number of carbonyl (C=O) groups excluding carboxylic acids is 1. The van der Waals surface area contributed by atoms with Crippen LogP contribution in [0.5, 0.6) is 0 Å². The van der Waals surface area contributed by atoms with E-state index in [-0.39, 0.29) is 11.7 Å². The average Bonchev–Trinajstić information content (AvgIpc) is 2.38. The summed E-state index contributed by atoms with van der Waals surface area (Å²) in [5.74, 6) is 0.327. The first-order valence-electron chi connectivity index (χ1n) is 6.73. The third-order valence-corrected chi connectivity index (χ3v) is 4.15. The Morgan fingerprint density at radius 3 is 3.00 bits per heavy atom. The van der Waals surface area contributed by atoms with Crippen molar-refractivity contribution in [1.82, 2.24) is 5.32 Å². The van der Waals surface area contributed by atoms with E-state index >= 15 is 0 Å². The summed E-state index contributed by atoms with van der Waals surface area (Å²) in [5.41, 5.74) is 7.28. The first kappa shape index (κ1) is 12.3. The molecule has 2 atom stereocenters. The Morgan fingerprint density at radius 2 is 2.21 bits per heavy atom. The third-order valence-electron chi connectivity index (χ3n) is 4.15. The quantitative estimate of drug-likeness (QED) is 0.755. The molecule has 0 spiro atoms. The number of hydrogen-bond acceptors (Lipinski definition) is 3. The number of nitrogens with two attached hydrogens (primary N) is 1. The maximum absolute atomic E-state index is 13.1. The van der Waals surface area contributed by atoms with Gasteiger partial charge in [0.15, 0.2) is 0 Å². The molecule has 0 aliphatic carbocycles. The molecule has 0 radical (unpaired) electrons. The molecule has 0 saturated carbocycles. The van der Waals surface area contributed by atoms with Crippen LogP contribution < -0.4 is 16.0 Å². The van der Waals surface area contributed by atoms with Crippen LogP contribution in [0.2, 0.25) is 0 Å². The zero-order valence-electron chi connectivity index (χ0n) is 10.7. The molecule has 1 aromatic rings. The van der Waals surface area contributed by atoms with Gasteiger partial charge in [0.05, 0.1) is 11.4 Å². The average molecular weight is 263 g/mol. The molecule has 0 bridgehead atoms. The fourth-order valence-electron chi connectivity index (χ4n) is 3.14. The summed E-state index contributed by atoms with van der Waals surface area (Å²) in [7, 11) is 0. The lowest BCUT2D eigenvalue weighted by atomic mass is 9.85. The Balaban J connectivity index is 1.76. The minimum atomic E-state index is -0.305. The van der Waals surface area contributed by atoms with Gasteiger partial charge in [-0.1, -0.05) is 0 Å². The minimum Gasteiger partial charge on any atom is -0.397 e. The van der Waals surface area contributed by atoms with Gasteiger partial charge in [0.25, 0.3) is 0 Å². The zero-order valence-corrected chi connectivity index (χ0v) is 10.7. The lowest BCUT2D eigenvalue weighted by molar-refractivity contribution is -0.124. The number of fused-ring (bicyclic) bond motifs is 1. The van der Waals surface area contributed by atoms with Crippen LogP contribution in [0.1, 0.15) is 19.3 Å². The first-order valence-corrected chi connectivity index (χ1v) is 6.73. The zero-order chi connectivity index (χ0) is 13.4. The number of halogens is 1. The molecular formula is C14H18FN3O. The molecule has 2 aliphatic heterocycles. The van der Waals surface area contributed by atoms with Crippen molar-refractivity contribution in [2.45, 2.75) is 25.3 Å². The summed E-state index contributed by atoms with van der Waals surface area (Å²) in [6.07, 6.45) is 2.45. The smallest absolute Gasteiger partial charge is 0.220 e. The molecule has 0 aromatic heterocycles. The van der Waals surface area contributed by atoms with Gasteiger partial charge in [0.2, 0.25) is 5.91 Å². The van der Waals surface area contributed by atoms with Crippen LogP contribution in [0.25, 0.3) is 0 Å². The monoisotopic (exact) mass is 263 g/mol. The van der Waals surface area contributed by atoms with E-state index in [2.05, 4.69) is 10.2 Å². The predicted octanol–water partition coefficient (Wildman–Crippen LogP) is 1.51. The molecule has 2 unspecified atom stereocenters. The fourth-order valence-corrected chi connectivity index (χ4v) is 3.14. The van der Waals surface area contributed by atoms with Gasteiger partial charge in [0, 0.05) is 25.6 Å². The van der Waals surface area contributed by atoms with Crippen molar-refractivity contribution in [3.63, 3.8) is 0 Å². The van der Waals surface area contributed by atoms with Crippen LogP contribution in [0.15, 0.2) is 18.2 Å². The highest BCUT2D eigenvalue weighted by molar-refractivity contribution is 5.77. The topological polar surface area (TPSA) is 58.4 Å². The molecule has 2 aliphatic rings. The van der Waals surface area contributed by atoms with E-state index in [1.165, 1.54) is 12.1 Å². The summed E-state index contributed by atoms with van der Waals surface area (Å²) in [5, 5.41) is 3.06. The molecular weight excluding hydrogens is 245 g/mol. The number of nitrogens with zero attached hydrogens (tertiary/aromatic N) is 1. The van der Waals surface area contributed by atoms with Gasteiger partial charge >= 0.3 is 0 Å². The molecule has 19 heavy (non-hydrogen) atoms. The molecule has 4 nitrogen and oxygen atoms in total. The summed E-state index contributed by atoms with van der Waals surface area (Å²) in [4.78, 5) is 13.6. The Kier molecular flexibility index (Phi) is 3.05. The van der Waals surface area contributed by atoms with E-state index < -0.39 is 0 Å². The van der Waals surface area contributed by atoms with Crippen LogP contribution in [-0.4, -0.2) is 25.0 Å². The second-order valence-corrected chi connectivity index (χ2v) is 5.41. The second kappa shape index (κ2) is 4.72. The Bertz CT molecular complexity index is 505. The standard InChI is InChI=1S/C14H18FN3O/c15-10-2-3-13(11(16)7-10)18-6-5-12-9(8-18)1-4-14(19)17-12/h2-3,7,9,12H,1,4-6,8,16H2,(H,17,19). The number of rotatable bonds is 1. The predicted molar refractivity (Wildman–Crippen MR) is 72.3 cm³/mol. The molecule has 2 saturated heterocycles. The fraction of sp³-hybridized carbons (Fsp3) is 0.500. The number of carbonyl (C=O) groups is 1. The van der Waals surface area contributed by atoms with Crippen LogP contribution in [0.4, 0.5) is 15.8 Å². The molecule has 1 aromatic carbocycles. The van der Waals surface area contributed by atoms with Crippen molar-refractivity contribution in [2.75, 3.05) is 23.7 Å². The minimum absolute atomic E-state index is 0.163. The van der Waals surface area contributed by atoms with Crippen LogP contribution in [0.3, 0.4) is 0 Å². The van der Waals surface area contributed by atoms with E-state index in [0.717, 1.165) is 31.6 Å². The SMILES string of the molecule is Nc1cc(F)ccc1N1CCC2NC(=O)CCC2C1. The molecule has 3 rings (SSSR count). The van der Waals surface area contributed by atoms with Crippen LogP contribution >= 0.6 is 0 Å². The van der Waals surface area contributed by atoms with E-state index in [1.807, 2.05) is 0 Å². The van der Waals surface area contributed by atoms with Crippen LogP contribution in [-0.2, 0) is 4.79 Å². The number of benzene rings is 1. The highest BCUT2D eigenvalue weighted by Crippen LogP contribution is 2.31. The Morgan fingerprint density at radius 1 is 1.37 bits per heavy atom. The van der Waals surface area contributed by atoms with Gasteiger partial charge in [-0.2, -0.15) is 0 Å². The largest absolute Gasteiger partial charge is 0.397 e. The van der Waals surface area contributed by atoms with E-state index in [0.29, 0.717) is 24.1 Å². The van der Waals surface area contributed by atoms with Crippen molar-refractivity contribution in [3.8, 4) is 0 Å². The normalized spacial score (nSPS) is 26.8. The maximum Gasteiger partial charge on any atom is 0.220 e. The molecule has 3 N–H and O–H groups in total. The van der Waals surface area contributed by atoms with Crippen LogP contribution in [0, 0.1) is 11.7 Å². The molecule has 2 heterocycles. The molecule has 5 heteroatoms. The number of anilines is 2. The highest BCUT2D eigenvalue weighted by atomic mass is 19.1. The van der Waals surface area contributed by atoms with E-state index in [4.69, 9.17) is 5.73 Å². The number of amides is 1. The lowest BCUT2D eigenvalue weighted by Crippen LogP contribution is -2.54. The van der Waals surface area contributed by atoms with Crippen molar-refractivity contribution in [2.24, 2.45) is 5.92 Å². The Labute approximate surface area is 111 Å². The van der Waals surface area contributed by atoms with Crippen molar-refractivity contribution in [1.29, 1.82) is 0 Å². The third kappa shape index (κ3) is 2.37. The van der Waals surface area contributed by atoms with Gasteiger partial charge in [-0.15, -0.1) is 0 Å². The van der Waals surface area contributed by atoms with Crippen molar-refractivity contribution in [3.05, 3.63) is 24.0 Å². The second-order valence-electron chi connectivity index (χ2n) is 5.41. The Hall–Kier alpha value is -1.78. The van der Waals surface area contributed by atoms with E-state index in [9.17, 15) is 9.18 Å². The number of nitrogens with one attached hydrogen (secondary N) is 1. The van der Waals surface area contributed by atoms with Gasteiger partial charge in [-0.3, -0.25) is 4.79 Å². The summed E-state index contributed by atoms with van der Waals surface area (Å²) < 4.78 is 13.1. The molecule has 2 fully saturated rings. The van der Waals surface area contributed by atoms with E-state index in [1.54, 1.807) is 6.07 Å². The number of piperidine rings is 2. The first-order chi connectivity index (χ1) is 9.13. The lowest BCUT2D eigenvalue weighted by Gasteiger charge is -2.42. The van der Waals surface area contributed by atoms with Gasteiger partial charge in [-0.05, 0) is 37.0 Å². The summed E-state index contributed by atoms with van der Waals surface area (Å²) in [6, 6.07) is 4.84. The molecule has 102 valence electrons.